The molecule has 0 saturated carbocycles. The van der Waals surface area contributed by atoms with Crippen molar-refractivity contribution in [1.82, 2.24) is 0 Å². The molecule has 108 valence electrons. The van der Waals surface area contributed by atoms with Crippen molar-refractivity contribution >= 4 is 63.4 Å². The first-order valence-electron chi connectivity index (χ1n) is 5.67. The lowest BCUT2D eigenvalue weighted by molar-refractivity contribution is 0.0698. The van der Waals surface area contributed by atoms with Gasteiger partial charge < -0.3 is 10.4 Å². The van der Waals surface area contributed by atoms with E-state index in [4.69, 9.17) is 23.2 Å². The van der Waals surface area contributed by atoms with Gasteiger partial charge >= 0.3 is 5.97 Å². The van der Waals surface area contributed by atoms with Gasteiger partial charge in [-0.1, -0.05) is 29.3 Å². The standard InChI is InChI=1S/C14H8Cl2INO3/c15-8-5-10(14(20)21)12(11(16)6-8)18-13(19)7-2-1-3-9(17)4-7/h1-6H,(H,18,19)(H,20,21). The lowest BCUT2D eigenvalue weighted by Gasteiger charge is -2.11. The van der Waals surface area contributed by atoms with Gasteiger partial charge in [0.1, 0.15) is 0 Å². The molecule has 2 aromatic carbocycles. The second kappa shape index (κ2) is 6.64. The predicted molar refractivity (Wildman–Crippen MR) is 90.5 cm³/mol. The molecule has 0 aliphatic rings. The number of halogens is 3. The highest BCUT2D eigenvalue weighted by Crippen LogP contribution is 2.30. The first kappa shape index (κ1) is 16.1. The Kier molecular flexibility index (Phi) is 5.08. The summed E-state index contributed by atoms with van der Waals surface area (Å²) in [5, 5.41) is 11.9. The number of carbonyl (C=O) groups excluding carboxylic acids is 1. The van der Waals surface area contributed by atoms with E-state index in [9.17, 15) is 14.7 Å². The summed E-state index contributed by atoms with van der Waals surface area (Å²) < 4.78 is 0.890. The Hall–Kier alpha value is -1.31. The molecule has 0 spiro atoms. The number of anilines is 1. The van der Waals surface area contributed by atoms with Crippen LogP contribution in [0.5, 0.6) is 0 Å². The molecule has 0 aliphatic carbocycles. The number of amides is 1. The fourth-order valence-electron chi connectivity index (χ4n) is 1.68. The molecule has 21 heavy (non-hydrogen) atoms. The van der Waals surface area contributed by atoms with E-state index in [0.29, 0.717) is 5.56 Å². The summed E-state index contributed by atoms with van der Waals surface area (Å²) >= 11 is 13.8. The number of carboxylic acid groups (broad SMARTS) is 1. The van der Waals surface area contributed by atoms with Crippen molar-refractivity contribution in [2.24, 2.45) is 0 Å². The van der Waals surface area contributed by atoms with Gasteiger partial charge in [0, 0.05) is 14.2 Å². The van der Waals surface area contributed by atoms with Gasteiger partial charge in [-0.3, -0.25) is 4.79 Å². The highest BCUT2D eigenvalue weighted by molar-refractivity contribution is 14.1. The number of hydrogen-bond donors (Lipinski definition) is 2. The minimum absolute atomic E-state index is 0.0254. The molecule has 0 aliphatic heterocycles. The zero-order chi connectivity index (χ0) is 15.6. The average Bonchev–Trinajstić information content (AvgIpc) is 2.41. The molecule has 0 bridgehead atoms. The fourth-order valence-corrected chi connectivity index (χ4v) is 2.77. The van der Waals surface area contributed by atoms with Gasteiger partial charge in [-0.05, 0) is 52.9 Å². The third-order valence-corrected chi connectivity index (χ3v) is 3.80. The molecule has 1 amide bonds. The number of carbonyl (C=O) groups is 2. The van der Waals surface area contributed by atoms with Crippen LogP contribution in [0.1, 0.15) is 20.7 Å². The van der Waals surface area contributed by atoms with Crippen molar-refractivity contribution in [2.75, 3.05) is 5.32 Å². The molecule has 0 unspecified atom stereocenters. The lowest BCUT2D eigenvalue weighted by Crippen LogP contribution is -2.15. The molecule has 0 saturated heterocycles. The molecule has 2 aromatic rings. The summed E-state index contributed by atoms with van der Waals surface area (Å²) in [4.78, 5) is 23.4. The van der Waals surface area contributed by atoms with Gasteiger partial charge in [0.2, 0.25) is 0 Å². The Morgan fingerprint density at radius 1 is 1.14 bits per heavy atom. The van der Waals surface area contributed by atoms with Crippen molar-refractivity contribution in [3.8, 4) is 0 Å². The van der Waals surface area contributed by atoms with Crippen LogP contribution < -0.4 is 5.32 Å². The van der Waals surface area contributed by atoms with E-state index in [1.165, 1.54) is 12.1 Å². The minimum Gasteiger partial charge on any atom is -0.478 e. The molecular formula is C14H8Cl2INO3. The Balaban J connectivity index is 2.39. The number of carboxylic acids is 1. The largest absolute Gasteiger partial charge is 0.478 e. The van der Waals surface area contributed by atoms with E-state index in [1.807, 2.05) is 6.07 Å². The molecule has 4 nitrogen and oxygen atoms in total. The van der Waals surface area contributed by atoms with Crippen LogP contribution in [0.25, 0.3) is 0 Å². The maximum atomic E-state index is 12.2. The molecule has 0 heterocycles. The Morgan fingerprint density at radius 3 is 2.48 bits per heavy atom. The van der Waals surface area contributed by atoms with Crippen molar-refractivity contribution in [2.45, 2.75) is 0 Å². The van der Waals surface area contributed by atoms with E-state index in [-0.39, 0.29) is 21.3 Å². The third-order valence-electron chi connectivity index (χ3n) is 2.61. The molecule has 2 rings (SSSR count). The molecular weight excluding hydrogens is 428 g/mol. The van der Waals surface area contributed by atoms with Crippen LogP contribution in [0.3, 0.4) is 0 Å². The Bertz CT molecular complexity index is 734. The molecule has 0 aromatic heterocycles. The smallest absolute Gasteiger partial charge is 0.337 e. The molecule has 0 fully saturated rings. The highest BCUT2D eigenvalue weighted by atomic mass is 127. The zero-order valence-electron chi connectivity index (χ0n) is 10.4. The second-order valence-corrected chi connectivity index (χ2v) is 6.17. The fraction of sp³-hybridized carbons (Fsp3) is 0. The molecule has 0 atom stereocenters. The summed E-state index contributed by atoms with van der Waals surface area (Å²) in [6.45, 7) is 0. The summed E-state index contributed by atoms with van der Waals surface area (Å²) in [6, 6.07) is 9.50. The van der Waals surface area contributed by atoms with Crippen molar-refractivity contribution in [3.63, 3.8) is 0 Å². The van der Waals surface area contributed by atoms with E-state index in [2.05, 4.69) is 27.9 Å². The quantitative estimate of drug-likeness (QED) is 0.695. The van der Waals surface area contributed by atoms with Crippen LogP contribution in [0, 0.1) is 3.57 Å². The van der Waals surface area contributed by atoms with E-state index >= 15 is 0 Å². The predicted octanol–water partition coefficient (Wildman–Crippen LogP) is 4.55. The van der Waals surface area contributed by atoms with Crippen molar-refractivity contribution in [3.05, 3.63) is 61.1 Å². The molecule has 2 N–H and O–H groups in total. The van der Waals surface area contributed by atoms with Gasteiger partial charge in [-0.2, -0.15) is 0 Å². The van der Waals surface area contributed by atoms with Crippen LogP contribution in [0.4, 0.5) is 5.69 Å². The minimum atomic E-state index is -1.22. The summed E-state index contributed by atoms with van der Waals surface area (Å²) in [5.41, 5.74) is 0.271. The zero-order valence-corrected chi connectivity index (χ0v) is 14.0. The second-order valence-electron chi connectivity index (χ2n) is 4.08. The van der Waals surface area contributed by atoms with Crippen LogP contribution in [0.15, 0.2) is 36.4 Å². The summed E-state index contributed by atoms with van der Waals surface area (Å²) in [7, 11) is 0. The highest BCUT2D eigenvalue weighted by Gasteiger charge is 2.18. The van der Waals surface area contributed by atoms with E-state index < -0.39 is 11.9 Å². The van der Waals surface area contributed by atoms with Gasteiger partial charge in [0.15, 0.2) is 0 Å². The van der Waals surface area contributed by atoms with E-state index in [0.717, 1.165) is 3.57 Å². The molecule has 7 heteroatoms. The topological polar surface area (TPSA) is 66.4 Å². The number of hydrogen-bond acceptors (Lipinski definition) is 2. The maximum absolute atomic E-state index is 12.2. The number of rotatable bonds is 3. The van der Waals surface area contributed by atoms with Gasteiger partial charge in [0.05, 0.1) is 16.3 Å². The summed E-state index contributed by atoms with van der Waals surface area (Å²) in [5.74, 6) is -1.67. The first-order chi connectivity index (χ1) is 9.88. The number of aromatic carboxylic acids is 1. The average molecular weight is 436 g/mol. The number of benzene rings is 2. The number of nitrogens with one attached hydrogen (secondary N) is 1. The van der Waals surface area contributed by atoms with Crippen LogP contribution in [-0.2, 0) is 0 Å². The van der Waals surface area contributed by atoms with Crippen LogP contribution in [-0.4, -0.2) is 17.0 Å². The van der Waals surface area contributed by atoms with Gasteiger partial charge in [-0.25, -0.2) is 4.79 Å². The van der Waals surface area contributed by atoms with Gasteiger partial charge in [0.25, 0.3) is 5.91 Å². The maximum Gasteiger partial charge on any atom is 0.337 e. The first-order valence-corrected chi connectivity index (χ1v) is 7.51. The van der Waals surface area contributed by atoms with Crippen LogP contribution >= 0.6 is 45.8 Å². The van der Waals surface area contributed by atoms with Crippen molar-refractivity contribution in [1.29, 1.82) is 0 Å². The Labute approximate surface area is 144 Å². The SMILES string of the molecule is O=C(Nc1c(Cl)cc(Cl)cc1C(=O)O)c1cccc(I)c1. The third kappa shape index (κ3) is 3.87. The lowest BCUT2D eigenvalue weighted by atomic mass is 10.1. The van der Waals surface area contributed by atoms with Crippen molar-refractivity contribution < 1.29 is 14.7 Å². The normalized spacial score (nSPS) is 10.2. The van der Waals surface area contributed by atoms with E-state index in [1.54, 1.807) is 18.2 Å². The summed E-state index contributed by atoms with van der Waals surface area (Å²) in [6.07, 6.45) is 0. The monoisotopic (exact) mass is 435 g/mol. The van der Waals surface area contributed by atoms with Gasteiger partial charge in [-0.15, -0.1) is 0 Å². The molecule has 0 radical (unpaired) electrons. The Morgan fingerprint density at radius 2 is 1.86 bits per heavy atom. The van der Waals surface area contributed by atoms with Crippen LogP contribution in [0.2, 0.25) is 10.0 Å².